The van der Waals surface area contributed by atoms with Crippen LogP contribution in [0.4, 0.5) is 0 Å². The lowest BCUT2D eigenvalue weighted by molar-refractivity contribution is 0.659. The third-order valence-corrected chi connectivity index (χ3v) is 15.9. The van der Waals surface area contributed by atoms with Gasteiger partial charge >= 0.3 is 0 Å². The van der Waals surface area contributed by atoms with Crippen LogP contribution in [-0.2, 0) is 16.2 Å². The van der Waals surface area contributed by atoms with Gasteiger partial charge in [0.25, 0.3) is 0 Å². The molecule has 0 aliphatic heterocycles. The summed E-state index contributed by atoms with van der Waals surface area (Å²) in [5.74, 6) is 0. The fraction of sp³-hybridized carbons (Fsp3) is 0.138. The highest BCUT2D eigenvalue weighted by atomic mass is 14.4. The molecular formula is C65H50. The molecule has 13 rings (SSSR count). The van der Waals surface area contributed by atoms with E-state index in [-0.39, 0.29) is 16.2 Å². The van der Waals surface area contributed by atoms with E-state index < -0.39 is 0 Å². The second-order valence-electron chi connectivity index (χ2n) is 20.6. The van der Waals surface area contributed by atoms with Crippen LogP contribution < -0.4 is 0 Å². The number of rotatable bonds is 4. The first-order chi connectivity index (χ1) is 31.4. The summed E-state index contributed by atoms with van der Waals surface area (Å²) in [4.78, 5) is 0. The highest BCUT2D eigenvalue weighted by Crippen LogP contribution is 2.55. The molecule has 0 heterocycles. The summed E-state index contributed by atoms with van der Waals surface area (Å²) in [6, 6.07) is 73.9. The first kappa shape index (κ1) is 38.2. The maximum Gasteiger partial charge on any atom is 0.0159 e. The van der Waals surface area contributed by atoms with E-state index in [0.29, 0.717) is 0 Å². The van der Waals surface area contributed by atoms with Gasteiger partial charge in [0.15, 0.2) is 0 Å². The Morgan fingerprint density at radius 3 is 0.646 bits per heavy atom. The lowest BCUT2D eigenvalue weighted by Gasteiger charge is -2.24. The van der Waals surface area contributed by atoms with Gasteiger partial charge in [0, 0.05) is 16.2 Å². The summed E-state index contributed by atoms with van der Waals surface area (Å²) in [6.45, 7) is 14.4. The largest absolute Gasteiger partial charge is 0.0616 e. The molecule has 10 aromatic carbocycles. The van der Waals surface area contributed by atoms with Crippen LogP contribution in [0.25, 0.3) is 99.4 Å². The number of hydrogen-bond acceptors (Lipinski definition) is 0. The van der Waals surface area contributed by atoms with Gasteiger partial charge in [-0.25, -0.2) is 0 Å². The Kier molecular flexibility index (Phi) is 7.86. The van der Waals surface area contributed by atoms with Gasteiger partial charge in [0.2, 0.25) is 0 Å². The van der Waals surface area contributed by atoms with Crippen molar-refractivity contribution in [2.45, 2.75) is 57.8 Å². The molecular weight excluding hydrogens is 781 g/mol. The van der Waals surface area contributed by atoms with Crippen molar-refractivity contribution < 1.29 is 0 Å². The Balaban J connectivity index is 0.801. The normalized spacial score (nSPS) is 15.3. The van der Waals surface area contributed by atoms with Gasteiger partial charge in [0.05, 0.1) is 0 Å². The molecule has 10 aromatic rings. The second kappa shape index (κ2) is 13.4. The topological polar surface area (TPSA) is 0 Å². The zero-order valence-electron chi connectivity index (χ0n) is 38.0. The average molecular weight is 831 g/mol. The van der Waals surface area contributed by atoms with Crippen LogP contribution >= 0.6 is 0 Å². The summed E-state index contributed by atoms with van der Waals surface area (Å²) < 4.78 is 0. The molecule has 0 amide bonds. The predicted octanol–water partition coefficient (Wildman–Crippen LogP) is 17.6. The Hall–Kier alpha value is -7.28. The lowest BCUT2D eigenvalue weighted by atomic mass is 9.79. The van der Waals surface area contributed by atoms with Gasteiger partial charge in [-0.3, -0.25) is 0 Å². The van der Waals surface area contributed by atoms with Crippen LogP contribution in [0.5, 0.6) is 0 Å². The quantitative estimate of drug-likeness (QED) is 0.166. The van der Waals surface area contributed by atoms with Crippen LogP contribution in [0, 0.1) is 0 Å². The summed E-state index contributed by atoms with van der Waals surface area (Å²) in [6.07, 6.45) is 0. The van der Waals surface area contributed by atoms with E-state index >= 15 is 0 Å². The summed E-state index contributed by atoms with van der Waals surface area (Å²) in [5.41, 5.74) is 26.3. The Morgan fingerprint density at radius 2 is 0.400 bits per heavy atom. The van der Waals surface area contributed by atoms with Gasteiger partial charge in [-0.2, -0.15) is 0 Å². The van der Waals surface area contributed by atoms with Crippen molar-refractivity contribution in [2.24, 2.45) is 0 Å². The molecule has 0 bridgehead atoms. The van der Waals surface area contributed by atoms with E-state index in [9.17, 15) is 0 Å². The van der Waals surface area contributed by atoms with Crippen molar-refractivity contribution >= 4 is 21.5 Å². The second-order valence-corrected chi connectivity index (χ2v) is 20.6. The molecule has 0 saturated carbocycles. The molecule has 0 radical (unpaired) electrons. The van der Waals surface area contributed by atoms with Gasteiger partial charge in [-0.05, 0) is 181 Å². The minimum Gasteiger partial charge on any atom is -0.0616 e. The molecule has 310 valence electrons. The van der Waals surface area contributed by atoms with Crippen molar-refractivity contribution in [3.8, 4) is 77.9 Å². The molecule has 0 N–H and O–H groups in total. The van der Waals surface area contributed by atoms with E-state index in [0.717, 1.165) is 0 Å². The van der Waals surface area contributed by atoms with Crippen molar-refractivity contribution in [1.29, 1.82) is 0 Å². The van der Waals surface area contributed by atoms with Crippen LogP contribution in [0.1, 0.15) is 74.9 Å². The molecule has 0 aromatic heterocycles. The fourth-order valence-electron chi connectivity index (χ4n) is 12.0. The first-order valence-electron chi connectivity index (χ1n) is 23.3. The Morgan fingerprint density at radius 1 is 0.200 bits per heavy atom. The van der Waals surface area contributed by atoms with Gasteiger partial charge < -0.3 is 0 Å². The van der Waals surface area contributed by atoms with Gasteiger partial charge in [-0.1, -0.05) is 187 Å². The maximum atomic E-state index is 2.48. The molecule has 0 spiro atoms. The van der Waals surface area contributed by atoms with Crippen molar-refractivity contribution in [3.63, 3.8) is 0 Å². The summed E-state index contributed by atoms with van der Waals surface area (Å²) in [5, 5.41) is 5.11. The predicted molar refractivity (Wildman–Crippen MR) is 276 cm³/mol. The van der Waals surface area contributed by atoms with Crippen LogP contribution in [-0.4, -0.2) is 0 Å². The third kappa shape index (κ3) is 5.56. The number of benzene rings is 10. The van der Waals surface area contributed by atoms with Crippen LogP contribution in [0.3, 0.4) is 0 Å². The van der Waals surface area contributed by atoms with Gasteiger partial charge in [-0.15, -0.1) is 0 Å². The number of fused-ring (bicyclic) bond motifs is 11. The van der Waals surface area contributed by atoms with Crippen molar-refractivity contribution in [2.75, 3.05) is 0 Å². The molecule has 0 fully saturated rings. The Labute approximate surface area is 382 Å². The highest BCUT2D eigenvalue weighted by Gasteiger charge is 2.39. The molecule has 3 aliphatic carbocycles. The zero-order chi connectivity index (χ0) is 44.0. The molecule has 65 heavy (non-hydrogen) atoms. The minimum absolute atomic E-state index is 0.118. The van der Waals surface area contributed by atoms with E-state index in [1.165, 1.54) is 133 Å². The molecule has 0 nitrogen and oxygen atoms in total. The van der Waals surface area contributed by atoms with Gasteiger partial charge in [0.1, 0.15) is 0 Å². The van der Waals surface area contributed by atoms with Crippen LogP contribution in [0.2, 0.25) is 0 Å². The van der Waals surface area contributed by atoms with Crippen molar-refractivity contribution in [3.05, 3.63) is 228 Å². The monoisotopic (exact) mass is 830 g/mol. The first-order valence-corrected chi connectivity index (χ1v) is 23.3. The van der Waals surface area contributed by atoms with E-state index in [1.807, 2.05) is 0 Å². The van der Waals surface area contributed by atoms with Crippen LogP contribution in [0.15, 0.2) is 194 Å². The Bertz CT molecular complexity index is 3440. The molecule has 0 unspecified atom stereocenters. The molecule has 3 aliphatic rings. The number of hydrogen-bond donors (Lipinski definition) is 0. The smallest absolute Gasteiger partial charge is 0.0159 e. The zero-order valence-corrected chi connectivity index (χ0v) is 38.0. The summed E-state index contributed by atoms with van der Waals surface area (Å²) >= 11 is 0. The third-order valence-electron chi connectivity index (χ3n) is 15.9. The molecule has 0 saturated heterocycles. The van der Waals surface area contributed by atoms with E-state index in [4.69, 9.17) is 0 Å². The minimum atomic E-state index is -0.145. The average Bonchev–Trinajstić information content (AvgIpc) is 3.81. The lowest BCUT2D eigenvalue weighted by Crippen LogP contribution is -2.16. The standard InChI is InChI=1S/C65H50/c1-63(2)57-33-45(43-17-15-39-11-7-9-13-41(39)31-43)19-25-51(57)53-27-21-47(35-59(53)63)49-23-29-55-56-30-24-50(38-62(56)65(5,6)61(55)37-49)48-22-28-54-52-26-20-46(34-58(52)64(3,4)60(54)36-48)44-18-16-40-12-8-10-14-42(40)32-44/h7-38H,1-6H3. The fourth-order valence-corrected chi connectivity index (χ4v) is 12.0. The van der Waals surface area contributed by atoms with E-state index in [2.05, 4.69) is 236 Å². The maximum absolute atomic E-state index is 2.48. The molecule has 0 atom stereocenters. The van der Waals surface area contributed by atoms with Crippen molar-refractivity contribution in [1.82, 2.24) is 0 Å². The summed E-state index contributed by atoms with van der Waals surface area (Å²) in [7, 11) is 0. The van der Waals surface area contributed by atoms with E-state index in [1.54, 1.807) is 0 Å². The highest BCUT2D eigenvalue weighted by molar-refractivity contribution is 5.93. The SMILES string of the molecule is CC1(C)c2cc(-c3ccc4c(c3)C(C)(C)c3cc(-c5ccc6ccccc6c5)ccc3-4)ccc2-c2ccc(-c3ccc4c(c3)C(C)(C)c3cc(-c5ccc6ccccc6c5)ccc3-4)cc21. The molecule has 0 heteroatoms.